The maximum absolute atomic E-state index is 9.18. The SMILES string of the molecule is Cl[C@@]12c3c4c5c6c7c3[C@@]3(Cl)c8c9c%10c%11c(c81)c1c2c2c8c%12c%13c%14c(c6c6c%15c7c3c3c7c%16c%17c%18c(c%11c%11c1c8c1c%13c8c%14c6c(c7%15)c%17c8c%18c%111)[C@@]%10(Cl)[C@]%16(Cl)[C@]93Cl)[C@@]5(Cl)[C@]%12(Cl)[C@]42Cl. The average Bonchev–Trinajstić information content (AvgIpc) is 4.15. The average molecular weight is 932 g/mol. The van der Waals surface area contributed by atoms with Crippen molar-refractivity contribution in [1.29, 1.82) is 0 Å². The van der Waals surface area contributed by atoms with Crippen molar-refractivity contribution < 1.29 is 0 Å². The Bertz CT molecular complexity index is 5460. The van der Waals surface area contributed by atoms with Crippen LogP contribution < -0.4 is 0 Å². The first kappa shape index (κ1) is 26.3. The molecule has 0 unspecified atom stereocenters. The van der Waals surface area contributed by atoms with E-state index in [0.717, 1.165) is 77.9 Å². The third-order valence-electron chi connectivity index (χ3n) is 22.7. The van der Waals surface area contributed by atoms with E-state index >= 15 is 0 Å². The van der Waals surface area contributed by atoms with Gasteiger partial charge >= 0.3 is 0 Å². The van der Waals surface area contributed by atoms with Gasteiger partial charge in [-0.15, -0.1) is 92.8 Å². The van der Waals surface area contributed by atoms with Crippen LogP contribution in [0.2, 0.25) is 0 Å². The summed E-state index contributed by atoms with van der Waals surface area (Å²) in [5.41, 5.74) is 17.6. The van der Waals surface area contributed by atoms with Crippen LogP contribution in [0.3, 0.4) is 0 Å². The summed E-state index contributed by atoms with van der Waals surface area (Å²) in [7, 11) is 0. The molecule has 0 heterocycles. The fourth-order valence-electron chi connectivity index (χ4n) is 22.6. The molecular weight excluding hydrogens is 932 g/mol. The van der Waals surface area contributed by atoms with E-state index in [1.54, 1.807) is 0 Å². The fraction of sp³-hybridized carbons (Fsp3) is 0.148. The Balaban J connectivity index is 1.29. The van der Waals surface area contributed by atoms with Crippen molar-refractivity contribution in [3.63, 3.8) is 0 Å². The Morgan fingerprint density at radius 3 is 0.677 bits per heavy atom. The molecule has 0 saturated carbocycles. The van der Waals surface area contributed by atoms with Gasteiger partial charge in [0.2, 0.25) is 0 Å². The minimum atomic E-state index is -1.23. The summed E-state index contributed by atoms with van der Waals surface area (Å²) in [6, 6.07) is 0. The van der Waals surface area contributed by atoms with E-state index in [0.29, 0.717) is 0 Å². The molecule has 13 aliphatic carbocycles. The van der Waals surface area contributed by atoms with Gasteiger partial charge in [-0.25, -0.2) is 0 Å². The second-order valence-corrected chi connectivity index (χ2v) is 27.1. The highest BCUT2D eigenvalue weighted by Crippen LogP contribution is 2.95. The van der Waals surface area contributed by atoms with E-state index in [1.807, 2.05) is 0 Å². The van der Waals surface area contributed by atoms with Crippen molar-refractivity contribution in [2.45, 2.75) is 39.0 Å². The Morgan fingerprint density at radius 1 is 0.145 bits per heavy atom. The van der Waals surface area contributed by atoms with E-state index in [-0.39, 0.29) is 0 Å². The molecule has 16 aromatic carbocycles. The molecule has 8 heteroatoms. The monoisotopic (exact) mass is 928 g/mol. The number of benzene rings is 12. The van der Waals surface area contributed by atoms with Crippen LogP contribution in [0.4, 0.5) is 0 Å². The van der Waals surface area contributed by atoms with Gasteiger partial charge in [0, 0.05) is 0 Å². The minimum absolute atomic E-state index is 1.03. The second kappa shape index (κ2) is 5.47. The topological polar surface area (TPSA) is 0 Å². The lowest BCUT2D eigenvalue weighted by atomic mass is 9.59. The molecule has 62 heavy (non-hydrogen) atoms. The highest BCUT2D eigenvalue weighted by molar-refractivity contribution is 6.73. The van der Waals surface area contributed by atoms with Crippen molar-refractivity contribution >= 4 is 254 Å². The van der Waals surface area contributed by atoms with Crippen LogP contribution in [-0.4, -0.2) is 0 Å². The van der Waals surface area contributed by atoms with Gasteiger partial charge in [0.15, 0.2) is 0 Å². The second-order valence-electron chi connectivity index (χ2n) is 22.5. The third-order valence-corrected chi connectivity index (χ3v) is 28.3. The lowest BCUT2D eigenvalue weighted by Gasteiger charge is -2.52. The number of hydrogen-bond donors (Lipinski definition) is 0. The van der Waals surface area contributed by atoms with E-state index in [1.165, 1.54) is 173 Å². The van der Waals surface area contributed by atoms with Crippen LogP contribution in [0, 0.1) is 0 Å². The van der Waals surface area contributed by atoms with Gasteiger partial charge in [-0.1, -0.05) is 0 Å². The minimum Gasteiger partial charge on any atom is -0.109 e. The number of halogens is 8. The molecule has 0 fully saturated rings. The summed E-state index contributed by atoms with van der Waals surface area (Å²) in [4.78, 5) is -9.44. The standard InChI is InChI=1S/C54Cl8/c55-47-35-23-13-11-3-6-10-2-1-7(3)17-21-9(1)5-4-8(2)18-22(10)34-30(16(6)13)42(35)52(60)46-40-28-20(32(18)50(40,58)54(34,52)62)12(4)14-15(5)29-33(21)53(61)49(57)31(17)19(11)27-25(23)37(47)43-45(39(27)49)51(53,59)41(29)36-24(14)26(28)38(44(46)47)48(36,43)56/t47-,48-,49+,50+,51-,52-,53+,54+/m1/s1. The number of hydrogen-bond acceptors (Lipinski definition) is 0. The zero-order valence-corrected chi connectivity index (χ0v) is 36.1. The lowest BCUT2D eigenvalue weighted by molar-refractivity contribution is 0.456. The van der Waals surface area contributed by atoms with Gasteiger partial charge in [0.05, 0.1) is 0 Å². The van der Waals surface area contributed by atoms with Crippen LogP contribution in [0.5, 0.6) is 0 Å². The van der Waals surface area contributed by atoms with Gasteiger partial charge in [-0.05, 0) is 251 Å². The molecule has 29 rings (SSSR count). The first-order valence-corrected chi connectivity index (χ1v) is 24.8. The predicted molar refractivity (Wildman–Crippen MR) is 254 cm³/mol. The number of rotatable bonds is 0. The van der Waals surface area contributed by atoms with E-state index in [9.17, 15) is 23.2 Å². The molecule has 0 spiro atoms. The lowest BCUT2D eigenvalue weighted by Crippen LogP contribution is -2.51. The van der Waals surface area contributed by atoms with Crippen molar-refractivity contribution in [1.82, 2.24) is 0 Å². The van der Waals surface area contributed by atoms with Crippen molar-refractivity contribution in [2.24, 2.45) is 0 Å². The quantitative estimate of drug-likeness (QED) is 0.105. The molecule has 8 atom stereocenters. The van der Waals surface area contributed by atoms with E-state index in [2.05, 4.69) is 0 Å². The molecule has 16 aromatic rings. The summed E-state index contributed by atoms with van der Waals surface area (Å²) >= 11 is 72.5. The first-order chi connectivity index (χ1) is 30.0. The van der Waals surface area contributed by atoms with Crippen LogP contribution in [0.25, 0.3) is 162 Å². The summed E-state index contributed by atoms with van der Waals surface area (Å²) in [6.07, 6.45) is 0. The van der Waals surface area contributed by atoms with Gasteiger partial charge in [-0.2, -0.15) is 0 Å². The van der Waals surface area contributed by atoms with Gasteiger partial charge in [0.25, 0.3) is 0 Å². The third kappa shape index (κ3) is 1.24. The van der Waals surface area contributed by atoms with Crippen LogP contribution >= 0.6 is 92.8 Å². The molecule has 0 amide bonds. The molecule has 272 valence electrons. The molecule has 0 N–H and O–H groups in total. The Labute approximate surface area is 379 Å². The Hall–Kier alpha value is -3.66. The van der Waals surface area contributed by atoms with Crippen molar-refractivity contribution in [3.8, 4) is 0 Å². The summed E-state index contributed by atoms with van der Waals surface area (Å²) in [5.74, 6) is 0. The van der Waals surface area contributed by atoms with Crippen molar-refractivity contribution in [2.75, 3.05) is 0 Å². The van der Waals surface area contributed by atoms with Crippen LogP contribution in [0.15, 0.2) is 0 Å². The van der Waals surface area contributed by atoms with Gasteiger partial charge in [-0.3, -0.25) is 0 Å². The summed E-state index contributed by atoms with van der Waals surface area (Å²) < 4.78 is 0. The highest BCUT2D eigenvalue weighted by Gasteiger charge is 2.87. The Kier molecular flexibility index (Phi) is 2.33. The van der Waals surface area contributed by atoms with Crippen LogP contribution in [-0.2, 0) is 39.0 Å². The van der Waals surface area contributed by atoms with E-state index < -0.39 is 39.0 Å². The van der Waals surface area contributed by atoms with Gasteiger partial charge < -0.3 is 0 Å². The Morgan fingerprint density at radius 2 is 0.339 bits per heavy atom. The molecule has 0 bridgehead atoms. The largest absolute Gasteiger partial charge is 0.126 e. The summed E-state index contributed by atoms with van der Waals surface area (Å²) in [6.45, 7) is 0. The summed E-state index contributed by atoms with van der Waals surface area (Å²) in [5, 5.41) is 38.9. The zero-order valence-electron chi connectivity index (χ0n) is 30.0. The first-order valence-electron chi connectivity index (χ1n) is 21.8. The van der Waals surface area contributed by atoms with E-state index in [4.69, 9.17) is 69.6 Å². The fourth-order valence-corrected chi connectivity index (χ4v) is 27.4. The molecular formula is C54Cl8. The molecule has 13 aliphatic rings. The molecule has 0 nitrogen and oxygen atoms in total. The number of alkyl halides is 8. The predicted octanol–water partition coefficient (Wildman–Crippen LogP) is 15.8. The van der Waals surface area contributed by atoms with Gasteiger partial charge in [0.1, 0.15) is 39.0 Å². The van der Waals surface area contributed by atoms with Crippen LogP contribution in [0.1, 0.15) is 89.0 Å². The molecule has 0 radical (unpaired) electrons. The zero-order chi connectivity index (χ0) is 38.6. The maximum Gasteiger partial charge on any atom is 0.126 e. The molecule has 0 aliphatic heterocycles. The molecule has 0 saturated heterocycles. The molecule has 0 aromatic heterocycles. The maximum atomic E-state index is 9.18. The highest BCUT2D eigenvalue weighted by atomic mass is 35.5. The van der Waals surface area contributed by atoms with Crippen molar-refractivity contribution in [3.05, 3.63) is 89.0 Å². The normalized spacial score (nSPS) is 38.5. The smallest absolute Gasteiger partial charge is 0.109 e.